The summed E-state index contributed by atoms with van der Waals surface area (Å²) in [4.78, 5) is 6.90. The Bertz CT molecular complexity index is 505. The molecule has 2 heterocycles. The third-order valence-electron chi connectivity index (χ3n) is 2.92. The first-order valence-electron chi connectivity index (χ1n) is 5.77. The van der Waals surface area contributed by atoms with Gasteiger partial charge < -0.3 is 10.3 Å². The van der Waals surface area contributed by atoms with Gasteiger partial charge >= 0.3 is 0 Å². The van der Waals surface area contributed by atoms with Crippen molar-refractivity contribution in [1.29, 1.82) is 0 Å². The zero-order valence-electron chi connectivity index (χ0n) is 10.8. The van der Waals surface area contributed by atoms with E-state index in [-0.39, 0.29) is 11.6 Å². The zero-order chi connectivity index (χ0) is 12.6. The van der Waals surface area contributed by atoms with Crippen LogP contribution in [0.1, 0.15) is 42.3 Å². The molecule has 2 N–H and O–H groups in total. The maximum Gasteiger partial charge on any atom is 0.0954 e. The lowest BCUT2D eigenvalue weighted by molar-refractivity contribution is 0.479. The van der Waals surface area contributed by atoms with Gasteiger partial charge in [0, 0.05) is 9.75 Å². The molecule has 0 aliphatic heterocycles. The van der Waals surface area contributed by atoms with Crippen LogP contribution in [0, 0.1) is 6.92 Å². The SMILES string of the molecule is Cc1ccc(C(C)n2cncc2C(C)(C)N)s1. The molecule has 92 valence electrons. The number of nitrogens with zero attached hydrogens (tertiary/aromatic N) is 2. The van der Waals surface area contributed by atoms with Crippen LogP contribution in [0.4, 0.5) is 0 Å². The van der Waals surface area contributed by atoms with Crippen LogP contribution >= 0.6 is 11.3 Å². The Morgan fingerprint density at radius 2 is 2.12 bits per heavy atom. The molecule has 0 saturated carbocycles. The Labute approximate surface area is 106 Å². The monoisotopic (exact) mass is 249 g/mol. The first-order chi connectivity index (χ1) is 7.89. The highest BCUT2D eigenvalue weighted by Gasteiger charge is 2.22. The summed E-state index contributed by atoms with van der Waals surface area (Å²) in [5.41, 5.74) is 6.87. The number of hydrogen-bond donors (Lipinski definition) is 1. The van der Waals surface area contributed by atoms with Crippen molar-refractivity contribution in [2.75, 3.05) is 0 Å². The highest BCUT2D eigenvalue weighted by Crippen LogP contribution is 2.29. The summed E-state index contributed by atoms with van der Waals surface area (Å²) in [7, 11) is 0. The number of nitrogens with two attached hydrogens (primary N) is 1. The maximum absolute atomic E-state index is 6.17. The van der Waals surface area contributed by atoms with E-state index in [1.807, 2.05) is 37.7 Å². The molecule has 1 atom stereocenters. The van der Waals surface area contributed by atoms with Gasteiger partial charge in [0.1, 0.15) is 0 Å². The molecule has 2 aromatic heterocycles. The average Bonchev–Trinajstić information content (AvgIpc) is 2.83. The van der Waals surface area contributed by atoms with Gasteiger partial charge in [0.15, 0.2) is 0 Å². The second-order valence-corrected chi connectivity index (χ2v) is 6.35. The number of aromatic nitrogens is 2. The van der Waals surface area contributed by atoms with Crippen LogP contribution in [-0.2, 0) is 5.54 Å². The molecule has 0 aromatic carbocycles. The van der Waals surface area contributed by atoms with Crippen molar-refractivity contribution in [1.82, 2.24) is 9.55 Å². The van der Waals surface area contributed by atoms with Gasteiger partial charge in [0.25, 0.3) is 0 Å². The molecule has 0 amide bonds. The molecule has 3 nitrogen and oxygen atoms in total. The summed E-state index contributed by atoms with van der Waals surface area (Å²) in [5, 5.41) is 0. The van der Waals surface area contributed by atoms with Crippen molar-refractivity contribution in [3.05, 3.63) is 40.1 Å². The first-order valence-corrected chi connectivity index (χ1v) is 6.59. The minimum atomic E-state index is -0.364. The minimum absolute atomic E-state index is 0.286. The molecule has 1 unspecified atom stereocenters. The predicted octanol–water partition coefficient (Wildman–Crippen LogP) is 3.06. The lowest BCUT2D eigenvalue weighted by Gasteiger charge is -2.24. The van der Waals surface area contributed by atoms with E-state index >= 15 is 0 Å². The van der Waals surface area contributed by atoms with Crippen LogP contribution in [-0.4, -0.2) is 9.55 Å². The summed E-state index contributed by atoms with van der Waals surface area (Å²) < 4.78 is 2.16. The minimum Gasteiger partial charge on any atom is -0.325 e. The van der Waals surface area contributed by atoms with Crippen molar-refractivity contribution in [2.24, 2.45) is 5.73 Å². The van der Waals surface area contributed by atoms with E-state index in [1.165, 1.54) is 9.75 Å². The van der Waals surface area contributed by atoms with Crippen LogP contribution < -0.4 is 5.73 Å². The van der Waals surface area contributed by atoms with E-state index in [2.05, 4.69) is 35.5 Å². The van der Waals surface area contributed by atoms with Gasteiger partial charge in [-0.3, -0.25) is 0 Å². The van der Waals surface area contributed by atoms with Crippen molar-refractivity contribution in [3.63, 3.8) is 0 Å². The fourth-order valence-corrected chi connectivity index (χ4v) is 2.86. The summed E-state index contributed by atoms with van der Waals surface area (Å²) in [6, 6.07) is 4.62. The van der Waals surface area contributed by atoms with Gasteiger partial charge in [0.05, 0.1) is 29.8 Å². The molecule has 2 rings (SSSR count). The second kappa shape index (κ2) is 4.27. The third-order valence-corrected chi connectivity index (χ3v) is 4.09. The topological polar surface area (TPSA) is 43.8 Å². The van der Waals surface area contributed by atoms with E-state index in [4.69, 9.17) is 5.73 Å². The Morgan fingerprint density at radius 1 is 1.41 bits per heavy atom. The quantitative estimate of drug-likeness (QED) is 0.908. The standard InChI is InChI=1S/C13H19N3S/c1-9-5-6-11(17-9)10(2)16-8-15-7-12(16)13(3,4)14/h5-8,10H,14H2,1-4H3. The smallest absolute Gasteiger partial charge is 0.0954 e. The lowest BCUT2D eigenvalue weighted by atomic mass is 10.0. The van der Waals surface area contributed by atoms with Crippen LogP contribution in [0.3, 0.4) is 0 Å². The number of imidazole rings is 1. The van der Waals surface area contributed by atoms with Gasteiger partial charge in [-0.05, 0) is 39.8 Å². The largest absolute Gasteiger partial charge is 0.325 e. The molecule has 0 saturated heterocycles. The first kappa shape index (κ1) is 12.3. The molecular weight excluding hydrogens is 230 g/mol. The van der Waals surface area contributed by atoms with Gasteiger partial charge in [0.2, 0.25) is 0 Å². The average molecular weight is 249 g/mol. The van der Waals surface area contributed by atoms with Gasteiger partial charge in [-0.25, -0.2) is 4.98 Å². The summed E-state index contributed by atoms with van der Waals surface area (Å²) in [5.74, 6) is 0. The van der Waals surface area contributed by atoms with Crippen molar-refractivity contribution in [3.8, 4) is 0 Å². The maximum atomic E-state index is 6.17. The Hall–Kier alpha value is -1.13. The van der Waals surface area contributed by atoms with Gasteiger partial charge in [-0.1, -0.05) is 0 Å². The predicted molar refractivity (Wildman–Crippen MR) is 72.3 cm³/mol. The van der Waals surface area contributed by atoms with Crippen molar-refractivity contribution < 1.29 is 0 Å². The van der Waals surface area contributed by atoms with Crippen LogP contribution in [0.25, 0.3) is 0 Å². The molecule has 0 aliphatic rings. The molecule has 0 fully saturated rings. The van der Waals surface area contributed by atoms with Crippen LogP contribution in [0.2, 0.25) is 0 Å². The zero-order valence-corrected chi connectivity index (χ0v) is 11.6. The number of hydrogen-bond acceptors (Lipinski definition) is 3. The third kappa shape index (κ3) is 2.42. The molecule has 0 spiro atoms. The fourth-order valence-electron chi connectivity index (χ4n) is 1.93. The molecule has 4 heteroatoms. The fraction of sp³-hybridized carbons (Fsp3) is 0.462. The summed E-state index contributed by atoms with van der Waals surface area (Å²) >= 11 is 1.82. The number of rotatable bonds is 3. The van der Waals surface area contributed by atoms with Crippen LogP contribution in [0.5, 0.6) is 0 Å². The Balaban J connectivity index is 2.38. The normalized spacial score (nSPS) is 13.9. The van der Waals surface area contributed by atoms with E-state index < -0.39 is 0 Å². The van der Waals surface area contributed by atoms with Crippen molar-refractivity contribution >= 4 is 11.3 Å². The molecule has 17 heavy (non-hydrogen) atoms. The lowest BCUT2D eigenvalue weighted by Crippen LogP contribution is -2.32. The highest BCUT2D eigenvalue weighted by molar-refractivity contribution is 7.12. The van der Waals surface area contributed by atoms with Gasteiger partial charge in [-0.2, -0.15) is 0 Å². The second-order valence-electron chi connectivity index (χ2n) is 5.03. The van der Waals surface area contributed by atoms with Gasteiger partial charge in [-0.15, -0.1) is 11.3 Å². The van der Waals surface area contributed by atoms with Crippen molar-refractivity contribution in [2.45, 2.75) is 39.3 Å². The van der Waals surface area contributed by atoms with Crippen LogP contribution in [0.15, 0.2) is 24.7 Å². The van der Waals surface area contributed by atoms with E-state index in [9.17, 15) is 0 Å². The van der Waals surface area contributed by atoms with E-state index in [1.54, 1.807) is 0 Å². The van der Waals surface area contributed by atoms with E-state index in [0.717, 1.165) is 5.69 Å². The Kier molecular flexibility index (Phi) is 3.10. The van der Waals surface area contributed by atoms with E-state index in [0.29, 0.717) is 0 Å². The molecule has 0 bridgehead atoms. The summed E-state index contributed by atoms with van der Waals surface area (Å²) in [6.45, 7) is 8.32. The molecular formula is C13H19N3S. The molecule has 0 aliphatic carbocycles. The molecule has 0 radical (unpaired) electrons. The molecule has 2 aromatic rings. The Morgan fingerprint density at radius 3 is 2.65 bits per heavy atom. The summed E-state index contributed by atoms with van der Waals surface area (Å²) in [6.07, 6.45) is 3.72. The number of thiophene rings is 1. The highest BCUT2D eigenvalue weighted by atomic mass is 32.1. The number of aryl methyl sites for hydroxylation is 1.